The molecule has 1 N–H and O–H groups in total. The molecule has 1 atom stereocenters. The molecule has 7 nitrogen and oxygen atoms in total. The van der Waals surface area contributed by atoms with Crippen molar-refractivity contribution in [3.8, 4) is 5.69 Å². The van der Waals surface area contributed by atoms with Crippen LogP contribution < -0.4 is 10.9 Å². The number of hydrogen-bond donors (Lipinski definition) is 1. The Morgan fingerprint density at radius 1 is 0.727 bits per heavy atom. The number of likely N-dealkylation sites (tertiary alicyclic amines) is 1. The first-order chi connectivity index (χ1) is 21.6. The highest BCUT2D eigenvalue weighted by Crippen LogP contribution is 2.26. The van der Waals surface area contributed by atoms with Crippen molar-refractivity contribution in [2.24, 2.45) is 0 Å². The highest BCUT2D eigenvalue weighted by molar-refractivity contribution is 6.08. The van der Waals surface area contributed by atoms with Gasteiger partial charge < -0.3 is 15.1 Å². The third kappa shape index (κ3) is 6.80. The van der Waals surface area contributed by atoms with Crippen molar-refractivity contribution in [3.05, 3.63) is 112 Å². The highest BCUT2D eigenvalue weighted by atomic mass is 16.2. The van der Waals surface area contributed by atoms with E-state index >= 15 is 0 Å². The van der Waals surface area contributed by atoms with Gasteiger partial charge in [-0.05, 0) is 75.6 Å². The number of piperazine rings is 1. The van der Waals surface area contributed by atoms with E-state index in [1.165, 1.54) is 38.9 Å². The van der Waals surface area contributed by atoms with Crippen LogP contribution in [0.4, 0.5) is 0 Å². The number of para-hydroxylation sites is 1. The molecular formula is C37H45N5O2. The quantitative estimate of drug-likeness (QED) is 0.251. The van der Waals surface area contributed by atoms with E-state index in [2.05, 4.69) is 39.1 Å². The molecule has 2 aliphatic heterocycles. The predicted molar refractivity (Wildman–Crippen MR) is 178 cm³/mol. The topological polar surface area (TPSA) is 60.8 Å². The van der Waals surface area contributed by atoms with Crippen molar-refractivity contribution in [2.45, 2.75) is 45.2 Å². The van der Waals surface area contributed by atoms with Gasteiger partial charge in [0.05, 0.1) is 17.3 Å². The maximum atomic E-state index is 14.4. The Balaban J connectivity index is 1.31. The van der Waals surface area contributed by atoms with Crippen LogP contribution in [0.1, 0.15) is 60.3 Å². The summed E-state index contributed by atoms with van der Waals surface area (Å²) in [5, 5.41) is 4.60. The highest BCUT2D eigenvalue weighted by Gasteiger charge is 2.27. The van der Waals surface area contributed by atoms with Crippen LogP contribution in [0.15, 0.2) is 89.7 Å². The fourth-order valence-electron chi connectivity index (χ4n) is 6.90. The molecular weight excluding hydrogens is 546 g/mol. The molecule has 2 aliphatic rings. The number of pyridine rings is 1. The fraction of sp³-hybridized carbons (Fsp3) is 0.405. The van der Waals surface area contributed by atoms with E-state index in [1.54, 1.807) is 4.57 Å². The standard InChI is InChI=1S/C37H45N5O2/c1-2-33(29-14-5-3-6-15-29)38-36(43)35-31-18-9-10-19-32(31)37(44)42(30-16-7-4-8-17-30)34(35)28-41-26-24-40(25-27-41)23-13-22-39-20-11-12-21-39/h3-10,14-19,33H,2,11-13,20-28H2,1H3,(H,38,43)/t33-/m0/s1. The Bertz CT molecular complexity index is 1590. The van der Waals surface area contributed by atoms with E-state index < -0.39 is 0 Å². The second kappa shape index (κ2) is 14.3. The minimum absolute atomic E-state index is 0.0889. The summed E-state index contributed by atoms with van der Waals surface area (Å²) < 4.78 is 1.78. The zero-order chi connectivity index (χ0) is 30.3. The number of carbonyl (C=O) groups is 1. The number of fused-ring (bicyclic) bond motifs is 1. The van der Waals surface area contributed by atoms with E-state index in [9.17, 15) is 9.59 Å². The van der Waals surface area contributed by atoms with Gasteiger partial charge in [-0.25, -0.2) is 0 Å². The average Bonchev–Trinajstić information content (AvgIpc) is 3.59. The van der Waals surface area contributed by atoms with E-state index in [1.807, 2.05) is 72.8 Å². The second-order valence-electron chi connectivity index (χ2n) is 12.2. The number of aromatic nitrogens is 1. The summed E-state index contributed by atoms with van der Waals surface area (Å²) >= 11 is 0. The largest absolute Gasteiger partial charge is 0.345 e. The maximum Gasteiger partial charge on any atom is 0.263 e. The molecule has 7 heteroatoms. The lowest BCUT2D eigenvalue weighted by Crippen LogP contribution is -2.47. The minimum Gasteiger partial charge on any atom is -0.345 e. The fourth-order valence-corrected chi connectivity index (χ4v) is 6.90. The first-order valence-electron chi connectivity index (χ1n) is 16.4. The van der Waals surface area contributed by atoms with Crippen molar-refractivity contribution in [3.63, 3.8) is 0 Å². The first-order valence-corrected chi connectivity index (χ1v) is 16.4. The zero-order valence-corrected chi connectivity index (χ0v) is 26.0. The van der Waals surface area contributed by atoms with Crippen LogP contribution in [0.3, 0.4) is 0 Å². The number of hydrogen-bond acceptors (Lipinski definition) is 5. The first kappa shape index (κ1) is 30.3. The normalized spacial score (nSPS) is 17.2. The second-order valence-corrected chi connectivity index (χ2v) is 12.2. The molecule has 0 saturated carbocycles. The zero-order valence-electron chi connectivity index (χ0n) is 26.0. The van der Waals surface area contributed by atoms with Gasteiger partial charge in [0, 0.05) is 49.2 Å². The molecule has 1 aromatic heterocycles. The van der Waals surface area contributed by atoms with Gasteiger partial charge in [-0.1, -0.05) is 73.7 Å². The van der Waals surface area contributed by atoms with Crippen molar-refractivity contribution >= 4 is 16.7 Å². The van der Waals surface area contributed by atoms with Gasteiger partial charge in [0.15, 0.2) is 0 Å². The molecule has 230 valence electrons. The average molecular weight is 592 g/mol. The SMILES string of the molecule is CC[C@H](NC(=O)c1c(CN2CCN(CCCN3CCCC3)CC2)n(-c2ccccc2)c(=O)c2ccccc12)c1ccccc1. The van der Waals surface area contributed by atoms with Crippen molar-refractivity contribution in [1.29, 1.82) is 0 Å². The summed E-state index contributed by atoms with van der Waals surface area (Å²) in [5.41, 5.74) is 3.11. The lowest BCUT2D eigenvalue weighted by Gasteiger charge is -2.35. The van der Waals surface area contributed by atoms with Gasteiger partial charge in [-0.3, -0.25) is 19.1 Å². The third-order valence-corrected chi connectivity index (χ3v) is 9.33. The van der Waals surface area contributed by atoms with E-state index in [0.29, 0.717) is 22.9 Å². The van der Waals surface area contributed by atoms with Gasteiger partial charge in [0.2, 0.25) is 0 Å². The van der Waals surface area contributed by atoms with Crippen LogP contribution in [-0.4, -0.2) is 77.5 Å². The summed E-state index contributed by atoms with van der Waals surface area (Å²) in [4.78, 5) is 36.1. The Labute approximate surface area is 261 Å². The number of nitrogens with zero attached hydrogens (tertiary/aromatic N) is 4. The Kier molecular flexibility index (Phi) is 9.86. The maximum absolute atomic E-state index is 14.4. The van der Waals surface area contributed by atoms with E-state index in [4.69, 9.17) is 0 Å². The van der Waals surface area contributed by atoms with Crippen LogP contribution in [0.25, 0.3) is 16.5 Å². The monoisotopic (exact) mass is 591 g/mol. The molecule has 3 aromatic carbocycles. The molecule has 44 heavy (non-hydrogen) atoms. The molecule has 4 aromatic rings. The predicted octanol–water partition coefficient (Wildman–Crippen LogP) is 5.48. The van der Waals surface area contributed by atoms with E-state index in [-0.39, 0.29) is 17.5 Å². The Morgan fingerprint density at radius 3 is 1.95 bits per heavy atom. The van der Waals surface area contributed by atoms with Gasteiger partial charge in [-0.15, -0.1) is 0 Å². The van der Waals surface area contributed by atoms with Gasteiger partial charge in [0.25, 0.3) is 11.5 Å². The summed E-state index contributed by atoms with van der Waals surface area (Å²) in [6, 6.07) is 27.3. The van der Waals surface area contributed by atoms with Crippen molar-refractivity contribution in [1.82, 2.24) is 24.6 Å². The molecule has 0 radical (unpaired) electrons. The molecule has 0 bridgehead atoms. The van der Waals surface area contributed by atoms with Crippen LogP contribution in [0.2, 0.25) is 0 Å². The van der Waals surface area contributed by atoms with Crippen LogP contribution >= 0.6 is 0 Å². The molecule has 3 heterocycles. The van der Waals surface area contributed by atoms with Crippen molar-refractivity contribution < 1.29 is 4.79 Å². The Morgan fingerprint density at radius 2 is 1.30 bits per heavy atom. The summed E-state index contributed by atoms with van der Waals surface area (Å²) in [5.74, 6) is -0.142. The molecule has 0 aliphatic carbocycles. The van der Waals surface area contributed by atoms with Gasteiger partial charge in [-0.2, -0.15) is 0 Å². The summed E-state index contributed by atoms with van der Waals surface area (Å²) in [6.45, 7) is 11.2. The number of carbonyl (C=O) groups excluding carboxylic acids is 1. The molecule has 0 unspecified atom stereocenters. The smallest absolute Gasteiger partial charge is 0.263 e. The number of amides is 1. The van der Waals surface area contributed by atoms with Crippen LogP contribution in [-0.2, 0) is 6.54 Å². The molecule has 2 fully saturated rings. The molecule has 0 spiro atoms. The molecule has 1 amide bonds. The third-order valence-electron chi connectivity index (χ3n) is 9.33. The van der Waals surface area contributed by atoms with Crippen molar-refractivity contribution in [2.75, 3.05) is 52.4 Å². The molecule has 6 rings (SSSR count). The summed E-state index contributed by atoms with van der Waals surface area (Å²) in [7, 11) is 0. The number of rotatable bonds is 11. The summed E-state index contributed by atoms with van der Waals surface area (Å²) in [6.07, 6.45) is 4.66. The van der Waals surface area contributed by atoms with Crippen LogP contribution in [0, 0.1) is 0 Å². The van der Waals surface area contributed by atoms with Gasteiger partial charge >= 0.3 is 0 Å². The van der Waals surface area contributed by atoms with E-state index in [0.717, 1.165) is 56.1 Å². The number of benzene rings is 3. The lowest BCUT2D eigenvalue weighted by atomic mass is 9.99. The lowest BCUT2D eigenvalue weighted by molar-refractivity contribution is 0.0930. The van der Waals surface area contributed by atoms with Crippen LogP contribution in [0.5, 0.6) is 0 Å². The molecule has 2 saturated heterocycles. The minimum atomic E-state index is -0.142. The number of nitrogens with one attached hydrogen (secondary N) is 1. The van der Waals surface area contributed by atoms with Gasteiger partial charge in [0.1, 0.15) is 0 Å². The Hall–Kier alpha value is -3.78.